The van der Waals surface area contributed by atoms with E-state index in [0.717, 1.165) is 0 Å². The van der Waals surface area contributed by atoms with Crippen molar-refractivity contribution in [1.82, 2.24) is 0 Å². The number of rotatable bonds is 9. The number of aliphatic hydroxyl groups excluding tert-OH is 1. The summed E-state index contributed by atoms with van der Waals surface area (Å²) in [5, 5.41) is 17.1. The number of hydrogen-bond donors (Lipinski definition) is 2. The van der Waals surface area contributed by atoms with E-state index in [1.807, 2.05) is 20.8 Å². The lowest BCUT2D eigenvalue weighted by Crippen LogP contribution is -2.25. The first-order valence-electron chi connectivity index (χ1n) is 7.55. The van der Waals surface area contributed by atoms with Gasteiger partial charge in [-0.3, -0.25) is 0 Å². The minimum Gasteiger partial charge on any atom is -0.478 e. The lowest BCUT2D eigenvalue weighted by Gasteiger charge is -2.18. The first-order valence-corrected chi connectivity index (χ1v) is 7.55. The SMILES string of the molecule is COC(C)COC(C)COC(C)CO.O=C(O)c1ccccc1. The van der Waals surface area contributed by atoms with Crippen LogP contribution < -0.4 is 0 Å². The van der Waals surface area contributed by atoms with E-state index in [2.05, 4.69) is 0 Å². The molecule has 0 amide bonds. The molecule has 0 spiro atoms. The number of carboxylic acids is 1. The maximum atomic E-state index is 10.2. The molecule has 0 aromatic heterocycles. The van der Waals surface area contributed by atoms with Crippen molar-refractivity contribution in [3.05, 3.63) is 35.9 Å². The highest BCUT2D eigenvalue weighted by Crippen LogP contribution is 1.99. The molecular formula is C17H28O6. The van der Waals surface area contributed by atoms with E-state index in [-0.39, 0.29) is 24.9 Å². The molecule has 1 aromatic carbocycles. The predicted molar refractivity (Wildman–Crippen MR) is 87.8 cm³/mol. The number of benzene rings is 1. The van der Waals surface area contributed by atoms with Crippen LogP contribution in [0.4, 0.5) is 0 Å². The predicted octanol–water partition coefficient (Wildman–Crippen LogP) is 2.21. The summed E-state index contributed by atoms with van der Waals surface area (Å²) in [5.74, 6) is -0.879. The lowest BCUT2D eigenvalue weighted by molar-refractivity contribution is -0.0677. The van der Waals surface area contributed by atoms with Gasteiger partial charge in [-0.05, 0) is 32.9 Å². The van der Waals surface area contributed by atoms with Crippen LogP contribution in [0.2, 0.25) is 0 Å². The van der Waals surface area contributed by atoms with Gasteiger partial charge in [-0.15, -0.1) is 0 Å². The molecule has 0 aliphatic rings. The number of aromatic carboxylic acids is 1. The summed E-state index contributed by atoms with van der Waals surface area (Å²) < 4.78 is 15.8. The molecule has 3 unspecified atom stereocenters. The zero-order valence-corrected chi connectivity index (χ0v) is 14.3. The fourth-order valence-corrected chi connectivity index (χ4v) is 1.35. The number of carboxylic acid groups (broad SMARTS) is 1. The smallest absolute Gasteiger partial charge is 0.335 e. The molecule has 0 heterocycles. The largest absolute Gasteiger partial charge is 0.478 e. The number of hydrogen-bond acceptors (Lipinski definition) is 5. The van der Waals surface area contributed by atoms with Crippen molar-refractivity contribution < 1.29 is 29.2 Å². The van der Waals surface area contributed by atoms with E-state index in [1.165, 1.54) is 0 Å². The topological polar surface area (TPSA) is 85.2 Å². The van der Waals surface area contributed by atoms with E-state index in [9.17, 15) is 4.79 Å². The summed E-state index contributed by atoms with van der Waals surface area (Å²) in [6.07, 6.45) is 0.00946. The number of carbonyl (C=O) groups is 1. The van der Waals surface area contributed by atoms with Crippen LogP contribution in [0.15, 0.2) is 30.3 Å². The first kappa shape index (κ1) is 21.5. The Kier molecular flexibility index (Phi) is 12.2. The second kappa shape index (κ2) is 13.0. The van der Waals surface area contributed by atoms with Crippen LogP contribution >= 0.6 is 0 Å². The van der Waals surface area contributed by atoms with Gasteiger partial charge in [0.1, 0.15) is 0 Å². The van der Waals surface area contributed by atoms with E-state index >= 15 is 0 Å². The monoisotopic (exact) mass is 328 g/mol. The summed E-state index contributed by atoms with van der Waals surface area (Å²) in [4.78, 5) is 10.2. The Hall–Kier alpha value is -1.47. The van der Waals surface area contributed by atoms with Crippen molar-refractivity contribution in [2.24, 2.45) is 0 Å². The highest BCUT2D eigenvalue weighted by molar-refractivity contribution is 5.87. The fraction of sp³-hybridized carbons (Fsp3) is 0.588. The van der Waals surface area contributed by atoms with Gasteiger partial charge in [0.05, 0.1) is 43.7 Å². The second-order valence-corrected chi connectivity index (χ2v) is 5.19. The highest BCUT2D eigenvalue weighted by Gasteiger charge is 2.08. The molecule has 6 heteroatoms. The Balaban J connectivity index is 0.000000459. The molecule has 0 aliphatic heterocycles. The number of ether oxygens (including phenoxy) is 3. The highest BCUT2D eigenvalue weighted by atomic mass is 16.6. The molecule has 0 saturated heterocycles. The molecule has 0 aliphatic carbocycles. The fourth-order valence-electron chi connectivity index (χ4n) is 1.35. The third kappa shape index (κ3) is 11.7. The molecule has 0 fully saturated rings. The molecule has 0 saturated carbocycles. The first-order chi connectivity index (χ1) is 10.9. The Morgan fingerprint density at radius 1 is 1.00 bits per heavy atom. The summed E-state index contributed by atoms with van der Waals surface area (Å²) in [7, 11) is 1.66. The van der Waals surface area contributed by atoms with Crippen molar-refractivity contribution in [3.63, 3.8) is 0 Å². The molecule has 23 heavy (non-hydrogen) atoms. The minimum atomic E-state index is -0.879. The standard InChI is InChI=1S/C10H22O4.C7H6O2/c1-8(5-11)13-7-10(3)14-6-9(2)12-4;8-7(9)6-4-2-1-3-5-6/h8-11H,5-7H2,1-4H3;1-5H,(H,8,9). The summed E-state index contributed by atoms with van der Waals surface area (Å²) >= 11 is 0. The van der Waals surface area contributed by atoms with E-state index in [4.69, 9.17) is 24.4 Å². The molecule has 0 bridgehead atoms. The Bertz CT molecular complexity index is 395. The van der Waals surface area contributed by atoms with E-state index in [1.54, 1.807) is 37.4 Å². The van der Waals surface area contributed by atoms with Gasteiger partial charge in [0, 0.05) is 7.11 Å². The summed E-state index contributed by atoms with van der Waals surface area (Å²) in [6.45, 7) is 6.81. The quantitative estimate of drug-likeness (QED) is 0.723. The molecule has 0 radical (unpaired) electrons. The third-order valence-electron chi connectivity index (χ3n) is 2.91. The van der Waals surface area contributed by atoms with Crippen LogP contribution in [0.1, 0.15) is 31.1 Å². The van der Waals surface area contributed by atoms with Crippen LogP contribution in [-0.2, 0) is 14.2 Å². The number of methoxy groups -OCH3 is 1. The Morgan fingerprint density at radius 3 is 1.96 bits per heavy atom. The van der Waals surface area contributed by atoms with Gasteiger partial charge in [0.2, 0.25) is 0 Å². The van der Waals surface area contributed by atoms with Crippen molar-refractivity contribution in [2.45, 2.75) is 39.1 Å². The van der Waals surface area contributed by atoms with Gasteiger partial charge in [-0.1, -0.05) is 18.2 Å². The summed E-state index contributed by atoms with van der Waals surface area (Å²) in [6, 6.07) is 8.30. The van der Waals surface area contributed by atoms with Gasteiger partial charge in [-0.25, -0.2) is 4.79 Å². The van der Waals surface area contributed by atoms with Crippen LogP contribution in [0.3, 0.4) is 0 Å². The van der Waals surface area contributed by atoms with Gasteiger partial charge in [-0.2, -0.15) is 0 Å². The second-order valence-electron chi connectivity index (χ2n) is 5.19. The Labute approximate surface area is 138 Å². The molecule has 2 N–H and O–H groups in total. The average molecular weight is 328 g/mol. The Morgan fingerprint density at radius 2 is 1.52 bits per heavy atom. The van der Waals surface area contributed by atoms with E-state index < -0.39 is 5.97 Å². The van der Waals surface area contributed by atoms with Crippen LogP contribution in [0.25, 0.3) is 0 Å². The molecule has 3 atom stereocenters. The van der Waals surface area contributed by atoms with Crippen molar-refractivity contribution >= 4 is 5.97 Å². The van der Waals surface area contributed by atoms with Crippen LogP contribution in [-0.4, -0.2) is 61.4 Å². The average Bonchev–Trinajstić information content (AvgIpc) is 2.58. The lowest BCUT2D eigenvalue weighted by atomic mass is 10.2. The van der Waals surface area contributed by atoms with Gasteiger partial charge < -0.3 is 24.4 Å². The molecular weight excluding hydrogens is 300 g/mol. The molecule has 1 aromatic rings. The van der Waals surface area contributed by atoms with Crippen LogP contribution in [0, 0.1) is 0 Å². The van der Waals surface area contributed by atoms with E-state index in [0.29, 0.717) is 18.8 Å². The maximum absolute atomic E-state index is 10.2. The molecule has 6 nitrogen and oxygen atoms in total. The number of aliphatic hydroxyl groups is 1. The third-order valence-corrected chi connectivity index (χ3v) is 2.91. The van der Waals surface area contributed by atoms with Gasteiger partial charge in [0.15, 0.2) is 0 Å². The summed E-state index contributed by atoms with van der Waals surface area (Å²) in [5.41, 5.74) is 0.331. The van der Waals surface area contributed by atoms with Crippen molar-refractivity contribution in [1.29, 1.82) is 0 Å². The van der Waals surface area contributed by atoms with Crippen LogP contribution in [0.5, 0.6) is 0 Å². The molecule has 132 valence electrons. The zero-order valence-electron chi connectivity index (χ0n) is 14.3. The zero-order chi connectivity index (χ0) is 17.7. The minimum absolute atomic E-state index is 0.0293. The van der Waals surface area contributed by atoms with Crippen molar-refractivity contribution in [3.8, 4) is 0 Å². The van der Waals surface area contributed by atoms with Crippen molar-refractivity contribution in [2.75, 3.05) is 26.9 Å². The van der Waals surface area contributed by atoms with Gasteiger partial charge >= 0.3 is 5.97 Å². The normalized spacial score (nSPS) is 14.3. The molecule has 1 rings (SSSR count). The van der Waals surface area contributed by atoms with Gasteiger partial charge in [0.25, 0.3) is 0 Å². The maximum Gasteiger partial charge on any atom is 0.335 e.